The highest BCUT2D eigenvalue weighted by Crippen LogP contribution is 2.26. The normalized spacial score (nSPS) is 22.7. The van der Waals surface area contributed by atoms with Gasteiger partial charge in [-0.15, -0.1) is 12.4 Å². The fourth-order valence-electron chi connectivity index (χ4n) is 3.07. The minimum atomic E-state index is -3.44. The Bertz CT molecular complexity index is 621. The molecule has 3 rings (SSSR count). The lowest BCUT2D eigenvalue weighted by molar-refractivity contribution is 0.00450. The molecule has 0 aromatic heterocycles. The van der Waals surface area contributed by atoms with Crippen molar-refractivity contribution in [2.24, 2.45) is 5.73 Å². The first kappa shape index (κ1) is 17.7. The molecule has 7 heteroatoms. The summed E-state index contributed by atoms with van der Waals surface area (Å²) in [4.78, 5) is 0.404. The Balaban J connectivity index is 0.00000176. The Labute approximate surface area is 138 Å². The van der Waals surface area contributed by atoms with Crippen LogP contribution in [0.3, 0.4) is 0 Å². The molecule has 0 spiro atoms. The van der Waals surface area contributed by atoms with E-state index in [0.717, 1.165) is 19.3 Å². The van der Waals surface area contributed by atoms with E-state index in [0.29, 0.717) is 31.1 Å². The Morgan fingerprint density at radius 2 is 1.95 bits per heavy atom. The van der Waals surface area contributed by atoms with Gasteiger partial charge in [0.15, 0.2) is 0 Å². The van der Waals surface area contributed by atoms with Gasteiger partial charge in [-0.05, 0) is 48.9 Å². The summed E-state index contributed by atoms with van der Waals surface area (Å²) >= 11 is 0. The van der Waals surface area contributed by atoms with Gasteiger partial charge in [-0.1, -0.05) is 6.07 Å². The molecular weight excluding hydrogens is 324 g/mol. The number of halogens is 1. The molecule has 0 bridgehead atoms. The molecule has 0 saturated carbocycles. The van der Waals surface area contributed by atoms with Crippen LogP contribution in [-0.4, -0.2) is 45.1 Å². The van der Waals surface area contributed by atoms with Gasteiger partial charge in [-0.25, -0.2) is 8.42 Å². The van der Waals surface area contributed by atoms with E-state index in [1.54, 1.807) is 6.07 Å². The first-order valence-electron chi connectivity index (χ1n) is 7.55. The van der Waals surface area contributed by atoms with Crippen molar-refractivity contribution >= 4 is 22.4 Å². The van der Waals surface area contributed by atoms with Crippen molar-refractivity contribution in [2.75, 3.05) is 26.2 Å². The summed E-state index contributed by atoms with van der Waals surface area (Å²) in [5, 5.41) is 0. The lowest BCUT2D eigenvalue weighted by atomic mass is 9.92. The van der Waals surface area contributed by atoms with E-state index in [9.17, 15) is 8.42 Å². The van der Waals surface area contributed by atoms with Gasteiger partial charge in [0.05, 0.1) is 17.6 Å². The Morgan fingerprint density at radius 3 is 2.68 bits per heavy atom. The van der Waals surface area contributed by atoms with Crippen molar-refractivity contribution in [3.8, 4) is 0 Å². The number of nitrogens with zero attached hydrogens (tertiary/aromatic N) is 1. The maximum atomic E-state index is 12.8. The number of morpholine rings is 1. The number of hydrogen-bond acceptors (Lipinski definition) is 4. The quantitative estimate of drug-likeness (QED) is 0.896. The van der Waals surface area contributed by atoms with Crippen LogP contribution in [0.2, 0.25) is 0 Å². The van der Waals surface area contributed by atoms with Crippen LogP contribution in [-0.2, 0) is 27.6 Å². The predicted octanol–water partition coefficient (Wildman–Crippen LogP) is 1.34. The third kappa shape index (κ3) is 3.46. The molecule has 2 aliphatic rings. The van der Waals surface area contributed by atoms with Crippen molar-refractivity contribution in [3.05, 3.63) is 29.3 Å². The molecule has 1 heterocycles. The van der Waals surface area contributed by atoms with E-state index in [1.165, 1.54) is 21.9 Å². The molecule has 1 aliphatic heterocycles. The standard InChI is InChI=1S/C15H22N2O3S.ClH/c16-10-14-11-17(7-8-20-14)21(18,19)15-6-5-12-3-1-2-4-13(12)9-15;/h5-6,9,14H,1-4,7-8,10-11,16H2;1H. The molecule has 124 valence electrons. The van der Waals surface area contributed by atoms with Crippen molar-refractivity contribution in [2.45, 2.75) is 36.7 Å². The highest BCUT2D eigenvalue weighted by atomic mass is 35.5. The number of nitrogens with two attached hydrogens (primary N) is 1. The van der Waals surface area contributed by atoms with Crippen LogP contribution in [0, 0.1) is 0 Å². The van der Waals surface area contributed by atoms with Crippen molar-refractivity contribution in [1.29, 1.82) is 0 Å². The number of ether oxygens (including phenoxy) is 1. The average molecular weight is 347 g/mol. The van der Waals surface area contributed by atoms with E-state index in [-0.39, 0.29) is 18.5 Å². The molecule has 0 amide bonds. The number of hydrogen-bond donors (Lipinski definition) is 1. The van der Waals surface area contributed by atoms with E-state index in [2.05, 4.69) is 0 Å². The molecular formula is C15H23ClN2O3S. The summed E-state index contributed by atoms with van der Waals surface area (Å²) in [5.41, 5.74) is 8.07. The second-order valence-electron chi connectivity index (χ2n) is 5.73. The average Bonchev–Trinajstić information content (AvgIpc) is 2.54. The van der Waals surface area contributed by atoms with Crippen LogP contribution in [0.5, 0.6) is 0 Å². The molecule has 1 fully saturated rings. The van der Waals surface area contributed by atoms with Gasteiger partial charge in [-0.2, -0.15) is 4.31 Å². The van der Waals surface area contributed by atoms with Gasteiger partial charge in [-0.3, -0.25) is 0 Å². The van der Waals surface area contributed by atoms with Gasteiger partial charge in [0.1, 0.15) is 0 Å². The number of fused-ring (bicyclic) bond motifs is 1. The monoisotopic (exact) mass is 346 g/mol. The van der Waals surface area contributed by atoms with E-state index in [1.807, 2.05) is 12.1 Å². The van der Waals surface area contributed by atoms with E-state index in [4.69, 9.17) is 10.5 Å². The molecule has 1 atom stereocenters. The fraction of sp³-hybridized carbons (Fsp3) is 0.600. The lowest BCUT2D eigenvalue weighted by Gasteiger charge is -2.31. The molecule has 1 aromatic carbocycles. The van der Waals surface area contributed by atoms with Crippen LogP contribution in [0.25, 0.3) is 0 Å². The third-order valence-corrected chi connectivity index (χ3v) is 6.18. The minimum Gasteiger partial charge on any atom is -0.374 e. The molecule has 1 aliphatic carbocycles. The van der Waals surface area contributed by atoms with Crippen LogP contribution in [0.4, 0.5) is 0 Å². The zero-order chi connectivity index (χ0) is 14.9. The summed E-state index contributed by atoms with van der Waals surface area (Å²) in [7, 11) is -3.44. The molecule has 0 radical (unpaired) electrons. The highest BCUT2D eigenvalue weighted by Gasteiger charge is 2.30. The van der Waals surface area contributed by atoms with Crippen LogP contribution < -0.4 is 5.73 Å². The van der Waals surface area contributed by atoms with E-state index >= 15 is 0 Å². The summed E-state index contributed by atoms with van der Waals surface area (Å²) in [6, 6.07) is 5.57. The van der Waals surface area contributed by atoms with Crippen molar-refractivity contribution in [1.82, 2.24) is 4.31 Å². The van der Waals surface area contributed by atoms with Crippen LogP contribution in [0.15, 0.2) is 23.1 Å². The van der Waals surface area contributed by atoms with Gasteiger partial charge in [0, 0.05) is 19.6 Å². The predicted molar refractivity (Wildman–Crippen MR) is 87.9 cm³/mol. The second-order valence-corrected chi connectivity index (χ2v) is 7.67. The number of aryl methyl sites for hydroxylation is 2. The molecule has 1 saturated heterocycles. The summed E-state index contributed by atoms with van der Waals surface area (Å²) in [6.45, 7) is 1.49. The van der Waals surface area contributed by atoms with Crippen LogP contribution in [0.1, 0.15) is 24.0 Å². The molecule has 22 heavy (non-hydrogen) atoms. The zero-order valence-electron chi connectivity index (χ0n) is 12.5. The minimum absolute atomic E-state index is 0. The number of benzene rings is 1. The van der Waals surface area contributed by atoms with E-state index < -0.39 is 10.0 Å². The second kappa shape index (κ2) is 7.27. The van der Waals surface area contributed by atoms with Crippen molar-refractivity contribution < 1.29 is 13.2 Å². The Morgan fingerprint density at radius 1 is 1.23 bits per heavy atom. The molecule has 1 aromatic rings. The maximum Gasteiger partial charge on any atom is 0.243 e. The highest BCUT2D eigenvalue weighted by molar-refractivity contribution is 7.89. The van der Waals surface area contributed by atoms with Gasteiger partial charge in [0.25, 0.3) is 0 Å². The van der Waals surface area contributed by atoms with Gasteiger partial charge in [0.2, 0.25) is 10.0 Å². The number of rotatable bonds is 3. The summed E-state index contributed by atoms with van der Waals surface area (Å²) in [6.07, 6.45) is 4.17. The SMILES string of the molecule is Cl.NCC1CN(S(=O)(=O)c2ccc3c(c2)CCCC3)CCO1. The third-order valence-electron chi connectivity index (χ3n) is 4.32. The fourth-order valence-corrected chi connectivity index (χ4v) is 4.58. The number of sulfonamides is 1. The van der Waals surface area contributed by atoms with Crippen molar-refractivity contribution in [3.63, 3.8) is 0 Å². The summed E-state index contributed by atoms with van der Waals surface area (Å²) < 4.78 is 32.5. The first-order valence-corrected chi connectivity index (χ1v) is 8.99. The maximum absolute atomic E-state index is 12.8. The summed E-state index contributed by atoms with van der Waals surface area (Å²) in [5.74, 6) is 0. The topological polar surface area (TPSA) is 72.6 Å². The first-order chi connectivity index (χ1) is 10.1. The van der Waals surface area contributed by atoms with Gasteiger partial charge < -0.3 is 10.5 Å². The zero-order valence-corrected chi connectivity index (χ0v) is 14.2. The Hall–Kier alpha value is -0.660. The molecule has 2 N–H and O–H groups in total. The lowest BCUT2D eigenvalue weighted by Crippen LogP contribution is -2.48. The largest absolute Gasteiger partial charge is 0.374 e. The molecule has 1 unspecified atom stereocenters. The Kier molecular flexibility index (Phi) is 5.85. The smallest absolute Gasteiger partial charge is 0.243 e. The molecule has 5 nitrogen and oxygen atoms in total. The van der Waals surface area contributed by atoms with Gasteiger partial charge >= 0.3 is 0 Å². The van der Waals surface area contributed by atoms with Crippen LogP contribution >= 0.6 is 12.4 Å².